The van der Waals surface area contributed by atoms with Gasteiger partial charge in [0.25, 0.3) is 5.91 Å². The maximum Gasteiger partial charge on any atom is 0.255 e. The number of amides is 2. The van der Waals surface area contributed by atoms with Crippen molar-refractivity contribution in [3.8, 4) is 0 Å². The minimum atomic E-state index is -0.459. The molecule has 1 aliphatic carbocycles. The lowest BCUT2D eigenvalue weighted by Crippen LogP contribution is -2.50. The van der Waals surface area contributed by atoms with Crippen LogP contribution in [-0.4, -0.2) is 47.8 Å². The molecule has 1 heterocycles. The minimum absolute atomic E-state index is 0.125. The predicted octanol–water partition coefficient (Wildman–Crippen LogP) is 3.73. The third-order valence-corrected chi connectivity index (χ3v) is 5.64. The first kappa shape index (κ1) is 18.2. The van der Waals surface area contributed by atoms with E-state index in [0.717, 1.165) is 12.5 Å². The van der Waals surface area contributed by atoms with Crippen LogP contribution in [0.25, 0.3) is 0 Å². The summed E-state index contributed by atoms with van der Waals surface area (Å²) in [6.45, 7) is 2.07. The van der Waals surface area contributed by atoms with E-state index >= 15 is 0 Å². The third-order valence-electron chi connectivity index (χ3n) is 5.32. The van der Waals surface area contributed by atoms with Crippen molar-refractivity contribution in [1.82, 2.24) is 9.80 Å². The summed E-state index contributed by atoms with van der Waals surface area (Å²) < 4.78 is 13.1. The monoisotopic (exact) mass is 366 g/mol. The Morgan fingerprint density at radius 1 is 1.08 bits per heavy atom. The van der Waals surface area contributed by atoms with Crippen LogP contribution < -0.4 is 0 Å². The zero-order valence-corrected chi connectivity index (χ0v) is 15.1. The smallest absolute Gasteiger partial charge is 0.255 e. The van der Waals surface area contributed by atoms with E-state index in [1.807, 2.05) is 4.90 Å². The average molecular weight is 367 g/mol. The summed E-state index contributed by atoms with van der Waals surface area (Å²) in [6, 6.07) is 3.80. The van der Waals surface area contributed by atoms with Crippen molar-refractivity contribution >= 4 is 23.4 Å². The van der Waals surface area contributed by atoms with Crippen molar-refractivity contribution in [3.63, 3.8) is 0 Å². The fraction of sp³-hybridized carbons (Fsp3) is 0.579. The molecule has 0 unspecified atom stereocenters. The Kier molecular flexibility index (Phi) is 5.94. The highest BCUT2D eigenvalue weighted by Crippen LogP contribution is 2.28. The quantitative estimate of drug-likeness (QED) is 0.814. The number of hydrogen-bond acceptors (Lipinski definition) is 2. The van der Waals surface area contributed by atoms with E-state index in [-0.39, 0.29) is 16.8 Å². The molecule has 2 amide bonds. The molecule has 0 bridgehead atoms. The van der Waals surface area contributed by atoms with Crippen LogP contribution in [-0.2, 0) is 4.79 Å². The summed E-state index contributed by atoms with van der Waals surface area (Å²) in [6.07, 6.45) is 6.71. The van der Waals surface area contributed by atoms with Crippen molar-refractivity contribution < 1.29 is 14.0 Å². The molecule has 4 nitrogen and oxygen atoms in total. The van der Waals surface area contributed by atoms with Crippen molar-refractivity contribution in [2.75, 3.05) is 26.2 Å². The summed E-state index contributed by atoms with van der Waals surface area (Å²) in [5.74, 6) is 0.244. The number of carbonyl (C=O) groups excluding carboxylic acids is 2. The number of halogens is 2. The molecule has 2 fully saturated rings. The van der Waals surface area contributed by atoms with Crippen molar-refractivity contribution in [2.24, 2.45) is 5.92 Å². The van der Waals surface area contributed by atoms with E-state index in [0.29, 0.717) is 44.1 Å². The second-order valence-corrected chi connectivity index (χ2v) is 7.39. The number of carbonyl (C=O) groups is 2. The molecule has 3 rings (SSSR count). The van der Waals surface area contributed by atoms with E-state index in [1.54, 1.807) is 4.90 Å². The number of benzene rings is 1. The SMILES string of the molecule is O=C(CCC1CCCC1)N1CCN(C(=O)c2ccc(F)cc2Cl)CC1. The van der Waals surface area contributed by atoms with Gasteiger partial charge in [0.2, 0.25) is 5.91 Å². The number of nitrogens with zero attached hydrogens (tertiary/aromatic N) is 2. The Labute approximate surface area is 152 Å². The average Bonchev–Trinajstić information content (AvgIpc) is 3.13. The maximum atomic E-state index is 13.1. The standard InChI is InChI=1S/C19H24ClFN2O2/c20-17-13-15(21)6-7-16(17)19(25)23-11-9-22(10-12-23)18(24)8-5-14-3-1-2-4-14/h6-7,13-14H,1-5,8-12H2. The molecule has 0 aromatic heterocycles. The fourth-order valence-corrected chi connectivity index (χ4v) is 4.03. The van der Waals surface area contributed by atoms with Gasteiger partial charge in [-0.05, 0) is 30.5 Å². The van der Waals surface area contributed by atoms with Gasteiger partial charge in [0, 0.05) is 32.6 Å². The Morgan fingerprint density at radius 3 is 2.36 bits per heavy atom. The molecule has 136 valence electrons. The van der Waals surface area contributed by atoms with Crippen LogP contribution in [0.2, 0.25) is 5.02 Å². The van der Waals surface area contributed by atoms with Crippen LogP contribution >= 0.6 is 11.6 Å². The van der Waals surface area contributed by atoms with Gasteiger partial charge in [-0.2, -0.15) is 0 Å². The van der Waals surface area contributed by atoms with E-state index in [2.05, 4.69) is 0 Å². The first-order valence-electron chi connectivity index (χ1n) is 9.06. The van der Waals surface area contributed by atoms with Gasteiger partial charge in [0.05, 0.1) is 10.6 Å². The van der Waals surface area contributed by atoms with Gasteiger partial charge >= 0.3 is 0 Å². The van der Waals surface area contributed by atoms with E-state index in [1.165, 1.54) is 37.8 Å². The first-order valence-corrected chi connectivity index (χ1v) is 9.44. The normalized spacial score (nSPS) is 18.6. The minimum Gasteiger partial charge on any atom is -0.339 e. The van der Waals surface area contributed by atoms with E-state index in [4.69, 9.17) is 11.6 Å². The lowest BCUT2D eigenvalue weighted by atomic mass is 10.0. The molecule has 2 aliphatic rings. The molecule has 6 heteroatoms. The number of rotatable bonds is 4. The van der Waals surface area contributed by atoms with Gasteiger partial charge in [-0.15, -0.1) is 0 Å². The first-order chi connectivity index (χ1) is 12.0. The fourth-order valence-electron chi connectivity index (χ4n) is 3.78. The Morgan fingerprint density at radius 2 is 1.72 bits per heavy atom. The van der Waals surface area contributed by atoms with Gasteiger partial charge in [-0.1, -0.05) is 37.3 Å². The Bertz CT molecular complexity index is 638. The lowest BCUT2D eigenvalue weighted by Gasteiger charge is -2.35. The van der Waals surface area contributed by atoms with Crippen molar-refractivity contribution in [1.29, 1.82) is 0 Å². The summed E-state index contributed by atoms with van der Waals surface area (Å²) >= 11 is 5.97. The molecule has 0 atom stereocenters. The zero-order chi connectivity index (χ0) is 17.8. The molecular weight excluding hydrogens is 343 g/mol. The molecule has 1 aromatic rings. The third kappa shape index (κ3) is 4.51. The molecular formula is C19H24ClFN2O2. The van der Waals surface area contributed by atoms with Crippen molar-refractivity contribution in [2.45, 2.75) is 38.5 Å². The van der Waals surface area contributed by atoms with Gasteiger partial charge in [0.15, 0.2) is 0 Å². The summed E-state index contributed by atoms with van der Waals surface area (Å²) in [4.78, 5) is 28.4. The highest BCUT2D eigenvalue weighted by Gasteiger charge is 2.26. The molecule has 0 N–H and O–H groups in total. The topological polar surface area (TPSA) is 40.6 Å². The number of hydrogen-bond donors (Lipinski definition) is 0. The second kappa shape index (κ2) is 8.17. The highest BCUT2D eigenvalue weighted by molar-refractivity contribution is 6.33. The summed E-state index contributed by atoms with van der Waals surface area (Å²) in [7, 11) is 0. The molecule has 1 aliphatic heterocycles. The predicted molar refractivity (Wildman–Crippen MR) is 95.1 cm³/mol. The second-order valence-electron chi connectivity index (χ2n) is 6.99. The van der Waals surface area contributed by atoms with E-state index in [9.17, 15) is 14.0 Å². The zero-order valence-electron chi connectivity index (χ0n) is 14.3. The Hall–Kier alpha value is -1.62. The maximum absolute atomic E-state index is 13.1. The Balaban J connectivity index is 1.49. The van der Waals surface area contributed by atoms with Gasteiger partial charge in [0.1, 0.15) is 5.82 Å². The molecule has 1 aromatic carbocycles. The molecule has 1 saturated carbocycles. The molecule has 0 radical (unpaired) electrons. The van der Waals surface area contributed by atoms with Crippen LogP contribution in [0.15, 0.2) is 18.2 Å². The van der Waals surface area contributed by atoms with Gasteiger partial charge in [-0.3, -0.25) is 9.59 Å². The van der Waals surface area contributed by atoms with Crippen LogP contribution in [0.4, 0.5) is 4.39 Å². The van der Waals surface area contributed by atoms with E-state index < -0.39 is 5.82 Å². The highest BCUT2D eigenvalue weighted by atomic mass is 35.5. The van der Waals surface area contributed by atoms with Crippen LogP contribution in [0.5, 0.6) is 0 Å². The molecule has 25 heavy (non-hydrogen) atoms. The van der Waals surface area contributed by atoms with Crippen molar-refractivity contribution in [3.05, 3.63) is 34.6 Å². The number of piperazine rings is 1. The van der Waals surface area contributed by atoms with Crippen LogP contribution in [0.1, 0.15) is 48.9 Å². The van der Waals surface area contributed by atoms with Crippen LogP contribution in [0.3, 0.4) is 0 Å². The molecule has 0 spiro atoms. The molecule has 1 saturated heterocycles. The van der Waals surface area contributed by atoms with Gasteiger partial charge < -0.3 is 9.80 Å². The van der Waals surface area contributed by atoms with Gasteiger partial charge in [-0.25, -0.2) is 4.39 Å². The summed E-state index contributed by atoms with van der Waals surface area (Å²) in [5, 5.41) is 0.125. The lowest BCUT2D eigenvalue weighted by molar-refractivity contribution is -0.133. The summed E-state index contributed by atoms with van der Waals surface area (Å²) in [5.41, 5.74) is 0.309. The van der Waals surface area contributed by atoms with Crippen LogP contribution in [0, 0.1) is 11.7 Å². The largest absolute Gasteiger partial charge is 0.339 e.